The first kappa shape index (κ1) is 13.8. The maximum atomic E-state index is 12.4. The Bertz CT molecular complexity index is 416. The molecular weight excluding hydrogens is 257 g/mol. The van der Waals surface area contributed by atoms with E-state index in [0.717, 1.165) is 12.1 Å². The number of methoxy groups -OCH3 is 1. The summed E-state index contributed by atoms with van der Waals surface area (Å²) in [6.45, 7) is 0. The topological polar surface area (TPSA) is 26.3 Å². The van der Waals surface area contributed by atoms with Crippen LogP contribution in [0.4, 0.5) is 13.2 Å². The summed E-state index contributed by atoms with van der Waals surface area (Å²) >= 11 is 5.75. The number of benzene rings is 1. The third-order valence-corrected chi connectivity index (χ3v) is 2.57. The van der Waals surface area contributed by atoms with Gasteiger partial charge in [-0.05, 0) is 30.2 Å². The van der Waals surface area contributed by atoms with Crippen molar-refractivity contribution >= 4 is 17.6 Å². The lowest BCUT2D eigenvalue weighted by Crippen LogP contribution is -2.07. The third-order valence-electron chi connectivity index (χ3n) is 2.20. The van der Waals surface area contributed by atoms with E-state index in [1.807, 2.05) is 0 Å². The monoisotopic (exact) mass is 266 g/mol. The lowest BCUT2D eigenvalue weighted by Gasteiger charge is -2.10. The van der Waals surface area contributed by atoms with E-state index < -0.39 is 17.7 Å². The standard InChI is InChI=1S/C11H10ClF3O2/c1-17-10(16)5-2-7-6-8(11(13,14)15)3-4-9(7)12/h3-4,6H,2,5H2,1H3. The molecule has 0 aliphatic carbocycles. The molecule has 0 amide bonds. The van der Waals surface area contributed by atoms with Crippen molar-refractivity contribution in [3.8, 4) is 0 Å². The Kier molecular flexibility index (Phi) is 4.40. The molecule has 0 heterocycles. The number of halogens is 4. The molecule has 1 aromatic carbocycles. The zero-order valence-electron chi connectivity index (χ0n) is 8.97. The molecule has 0 aliphatic heterocycles. The van der Waals surface area contributed by atoms with Gasteiger partial charge in [-0.1, -0.05) is 11.6 Å². The molecule has 0 saturated heterocycles. The van der Waals surface area contributed by atoms with Gasteiger partial charge in [-0.25, -0.2) is 0 Å². The summed E-state index contributed by atoms with van der Waals surface area (Å²) in [5, 5.41) is 0.210. The SMILES string of the molecule is COC(=O)CCc1cc(C(F)(F)F)ccc1Cl. The molecule has 0 spiro atoms. The molecule has 1 aromatic rings. The number of carbonyl (C=O) groups excluding carboxylic acids is 1. The Morgan fingerprint density at radius 3 is 2.59 bits per heavy atom. The van der Waals surface area contributed by atoms with Crippen LogP contribution in [0.1, 0.15) is 17.5 Å². The fraction of sp³-hybridized carbons (Fsp3) is 0.364. The Labute approximate surface area is 101 Å². The molecule has 6 heteroatoms. The van der Waals surface area contributed by atoms with Crippen molar-refractivity contribution in [2.24, 2.45) is 0 Å². The van der Waals surface area contributed by atoms with Gasteiger partial charge in [0, 0.05) is 11.4 Å². The van der Waals surface area contributed by atoms with Gasteiger partial charge in [0.1, 0.15) is 0 Å². The summed E-state index contributed by atoms with van der Waals surface area (Å²) in [6.07, 6.45) is -4.29. The van der Waals surface area contributed by atoms with E-state index in [-0.39, 0.29) is 23.4 Å². The Hall–Kier alpha value is -1.23. The molecule has 0 fully saturated rings. The Morgan fingerprint density at radius 1 is 1.41 bits per heavy atom. The van der Waals surface area contributed by atoms with Gasteiger partial charge in [0.2, 0.25) is 0 Å². The normalized spacial score (nSPS) is 11.4. The second kappa shape index (κ2) is 5.40. The number of aryl methyl sites for hydroxylation is 1. The van der Waals surface area contributed by atoms with E-state index in [2.05, 4.69) is 4.74 Å². The van der Waals surface area contributed by atoms with Crippen molar-refractivity contribution in [3.05, 3.63) is 34.3 Å². The van der Waals surface area contributed by atoms with Gasteiger partial charge < -0.3 is 4.74 Å². The molecule has 17 heavy (non-hydrogen) atoms. The van der Waals surface area contributed by atoms with Crippen molar-refractivity contribution in [1.29, 1.82) is 0 Å². The van der Waals surface area contributed by atoms with Crippen LogP contribution < -0.4 is 0 Å². The minimum Gasteiger partial charge on any atom is -0.469 e. The van der Waals surface area contributed by atoms with Crippen molar-refractivity contribution in [3.63, 3.8) is 0 Å². The molecule has 94 valence electrons. The second-order valence-electron chi connectivity index (χ2n) is 3.38. The highest BCUT2D eigenvalue weighted by molar-refractivity contribution is 6.31. The third kappa shape index (κ3) is 3.93. The van der Waals surface area contributed by atoms with Crippen LogP contribution in [0.25, 0.3) is 0 Å². The van der Waals surface area contributed by atoms with Crippen LogP contribution in [0, 0.1) is 0 Å². The van der Waals surface area contributed by atoms with Crippen molar-refractivity contribution < 1.29 is 22.7 Å². The van der Waals surface area contributed by atoms with Gasteiger partial charge in [-0.2, -0.15) is 13.2 Å². The van der Waals surface area contributed by atoms with Crippen molar-refractivity contribution in [1.82, 2.24) is 0 Å². The summed E-state index contributed by atoms with van der Waals surface area (Å²) in [5.41, 5.74) is -0.492. The van der Waals surface area contributed by atoms with Gasteiger partial charge in [-0.15, -0.1) is 0 Å². The van der Waals surface area contributed by atoms with Crippen LogP contribution in [-0.2, 0) is 22.1 Å². The van der Waals surface area contributed by atoms with Crippen LogP contribution >= 0.6 is 11.6 Å². The van der Waals surface area contributed by atoms with Crippen LogP contribution in [-0.4, -0.2) is 13.1 Å². The molecule has 0 bridgehead atoms. The number of hydrogen-bond acceptors (Lipinski definition) is 2. The highest BCUT2D eigenvalue weighted by Gasteiger charge is 2.30. The van der Waals surface area contributed by atoms with Gasteiger partial charge >= 0.3 is 12.1 Å². The molecule has 0 atom stereocenters. The Morgan fingerprint density at radius 2 is 2.06 bits per heavy atom. The largest absolute Gasteiger partial charge is 0.469 e. The molecule has 0 aromatic heterocycles. The van der Waals surface area contributed by atoms with E-state index in [4.69, 9.17) is 11.6 Å². The highest BCUT2D eigenvalue weighted by Crippen LogP contribution is 2.32. The molecule has 1 rings (SSSR count). The predicted octanol–water partition coefficient (Wildman–Crippen LogP) is 3.46. The fourth-order valence-corrected chi connectivity index (χ4v) is 1.49. The van der Waals surface area contributed by atoms with E-state index in [0.29, 0.717) is 0 Å². The molecule has 0 aliphatic rings. The zero-order valence-corrected chi connectivity index (χ0v) is 9.73. The lowest BCUT2D eigenvalue weighted by atomic mass is 10.1. The first-order chi connectivity index (χ1) is 7.84. The number of alkyl halides is 3. The summed E-state index contributed by atoms with van der Waals surface area (Å²) in [4.78, 5) is 10.9. The summed E-state index contributed by atoms with van der Waals surface area (Å²) in [7, 11) is 1.22. The van der Waals surface area contributed by atoms with Crippen LogP contribution in [0.3, 0.4) is 0 Å². The summed E-state index contributed by atoms with van der Waals surface area (Å²) in [6, 6.07) is 3.03. The Balaban J connectivity index is 2.88. The van der Waals surface area contributed by atoms with Gasteiger partial charge in [-0.3, -0.25) is 4.79 Å². The summed E-state index contributed by atoms with van der Waals surface area (Å²) in [5.74, 6) is -0.488. The molecule has 0 saturated carbocycles. The number of ether oxygens (including phenoxy) is 1. The van der Waals surface area contributed by atoms with Gasteiger partial charge in [0.15, 0.2) is 0 Å². The zero-order chi connectivity index (χ0) is 13.1. The average Bonchev–Trinajstić information content (AvgIpc) is 2.26. The maximum Gasteiger partial charge on any atom is 0.416 e. The van der Waals surface area contributed by atoms with E-state index in [1.165, 1.54) is 13.2 Å². The molecule has 0 unspecified atom stereocenters. The number of rotatable bonds is 3. The number of carbonyl (C=O) groups is 1. The predicted molar refractivity (Wildman–Crippen MR) is 56.8 cm³/mol. The van der Waals surface area contributed by atoms with Crippen LogP contribution in [0.2, 0.25) is 5.02 Å². The van der Waals surface area contributed by atoms with Crippen LogP contribution in [0.15, 0.2) is 18.2 Å². The first-order valence-corrected chi connectivity index (χ1v) is 5.15. The maximum absolute atomic E-state index is 12.4. The minimum atomic E-state index is -4.41. The smallest absolute Gasteiger partial charge is 0.416 e. The van der Waals surface area contributed by atoms with Crippen molar-refractivity contribution in [2.75, 3.05) is 7.11 Å². The molecular formula is C11H10ClF3O2. The molecule has 0 radical (unpaired) electrons. The molecule has 2 nitrogen and oxygen atoms in total. The highest BCUT2D eigenvalue weighted by atomic mass is 35.5. The lowest BCUT2D eigenvalue weighted by molar-refractivity contribution is -0.140. The number of esters is 1. The van der Waals surface area contributed by atoms with E-state index in [1.54, 1.807) is 0 Å². The van der Waals surface area contributed by atoms with E-state index in [9.17, 15) is 18.0 Å². The van der Waals surface area contributed by atoms with Crippen molar-refractivity contribution in [2.45, 2.75) is 19.0 Å². The van der Waals surface area contributed by atoms with Gasteiger partial charge in [0.25, 0.3) is 0 Å². The average molecular weight is 267 g/mol. The van der Waals surface area contributed by atoms with Gasteiger partial charge in [0.05, 0.1) is 12.7 Å². The minimum absolute atomic E-state index is 0.00245. The fourth-order valence-electron chi connectivity index (χ4n) is 1.28. The quantitative estimate of drug-likeness (QED) is 0.783. The second-order valence-corrected chi connectivity index (χ2v) is 3.79. The van der Waals surface area contributed by atoms with E-state index >= 15 is 0 Å². The van der Waals surface area contributed by atoms with Crippen LogP contribution in [0.5, 0.6) is 0 Å². The summed E-state index contributed by atoms with van der Waals surface area (Å²) < 4.78 is 41.7. The number of hydrogen-bond donors (Lipinski definition) is 0. The molecule has 0 N–H and O–H groups in total. The first-order valence-electron chi connectivity index (χ1n) is 4.77.